The summed E-state index contributed by atoms with van der Waals surface area (Å²) in [5.41, 5.74) is 2.22. The number of ether oxygens (including phenoxy) is 1. The average molecular weight is 451 g/mol. The molecule has 0 unspecified atom stereocenters. The summed E-state index contributed by atoms with van der Waals surface area (Å²) in [6.07, 6.45) is 4.02. The molecule has 0 bridgehead atoms. The lowest BCUT2D eigenvalue weighted by Gasteiger charge is -2.68. The van der Waals surface area contributed by atoms with Crippen LogP contribution in [0.5, 0.6) is 5.75 Å². The number of hydrogen-bond donors (Lipinski definition) is 2. The Morgan fingerprint density at radius 3 is 2.67 bits per heavy atom. The van der Waals surface area contributed by atoms with Gasteiger partial charge in [0.25, 0.3) is 5.91 Å². The van der Waals surface area contributed by atoms with Gasteiger partial charge in [-0.1, -0.05) is 39.3 Å². The molecule has 164 valence electrons. The second-order valence-electron chi connectivity index (χ2n) is 10.8. The highest BCUT2D eigenvalue weighted by Crippen LogP contribution is 2.67. The molecule has 6 atom stereocenters. The Labute approximate surface area is 189 Å². The molecule has 2 heterocycles. The van der Waals surface area contributed by atoms with Gasteiger partial charge in [0.15, 0.2) is 0 Å². The number of benzene rings is 1. The van der Waals surface area contributed by atoms with E-state index < -0.39 is 0 Å². The molecule has 6 heteroatoms. The first kappa shape index (κ1) is 20.9. The lowest BCUT2D eigenvalue weighted by molar-refractivity contribution is -0.214. The molecule has 2 aliphatic heterocycles. The summed E-state index contributed by atoms with van der Waals surface area (Å²) in [4.78, 5) is 12.4. The molecule has 2 saturated carbocycles. The predicted molar refractivity (Wildman–Crippen MR) is 121 cm³/mol. The summed E-state index contributed by atoms with van der Waals surface area (Å²) in [6, 6.07) is 2.00. The summed E-state index contributed by atoms with van der Waals surface area (Å²) in [7, 11) is 2.00. The van der Waals surface area contributed by atoms with E-state index in [9.17, 15) is 4.79 Å². The third-order valence-corrected chi connectivity index (χ3v) is 10.5. The monoisotopic (exact) mass is 450 g/mol. The van der Waals surface area contributed by atoms with E-state index in [4.69, 9.17) is 27.9 Å². The number of carbonyl (C=O) groups excluding carboxylic acids is 1. The standard InChI is InChI=1S/C24H32Cl2N2O2/c1-12-6-7-18-22(2,3)20(26)17(27-5)10-24(18)23(12,4)9-14-16(25)8-13-15(19(14)30-24)11-28-21(13)29/h8,12,17-18,20,27H,6-7,9-11H2,1-5H3,(H,28,29)/t12-,17+,18-,20-,23+,24-/m0/s1. The van der Waals surface area contributed by atoms with Gasteiger partial charge < -0.3 is 15.4 Å². The number of fused-ring (bicyclic) bond motifs is 3. The average Bonchev–Trinajstić information content (AvgIpc) is 3.06. The number of halogens is 2. The smallest absolute Gasteiger partial charge is 0.252 e. The number of amides is 1. The maximum atomic E-state index is 12.4. The predicted octanol–water partition coefficient (Wildman–Crippen LogP) is 4.93. The first-order chi connectivity index (χ1) is 14.1. The van der Waals surface area contributed by atoms with Crippen molar-refractivity contribution in [3.8, 4) is 5.75 Å². The largest absolute Gasteiger partial charge is 0.486 e. The summed E-state index contributed by atoms with van der Waals surface area (Å²) in [5.74, 6) is 1.64. The molecule has 2 fully saturated rings. The molecule has 2 aliphatic carbocycles. The number of nitrogens with one attached hydrogen (secondary N) is 2. The van der Waals surface area contributed by atoms with Crippen molar-refractivity contribution in [1.82, 2.24) is 10.6 Å². The van der Waals surface area contributed by atoms with Crippen LogP contribution in [-0.2, 0) is 13.0 Å². The van der Waals surface area contributed by atoms with Gasteiger partial charge in [0.2, 0.25) is 0 Å². The van der Waals surface area contributed by atoms with Crippen molar-refractivity contribution in [3.63, 3.8) is 0 Å². The Morgan fingerprint density at radius 2 is 1.97 bits per heavy atom. The van der Waals surface area contributed by atoms with E-state index >= 15 is 0 Å². The molecule has 2 N–H and O–H groups in total. The molecule has 1 amide bonds. The van der Waals surface area contributed by atoms with E-state index in [1.54, 1.807) is 0 Å². The van der Waals surface area contributed by atoms with Gasteiger partial charge in [-0.2, -0.15) is 0 Å². The molecule has 4 nitrogen and oxygen atoms in total. The topological polar surface area (TPSA) is 50.4 Å². The molecule has 5 rings (SSSR count). The van der Waals surface area contributed by atoms with Gasteiger partial charge in [0.1, 0.15) is 11.4 Å². The molecule has 4 aliphatic rings. The molecule has 1 spiro atoms. The normalized spacial score (nSPS) is 41.1. The van der Waals surface area contributed by atoms with Gasteiger partial charge in [0, 0.05) is 52.1 Å². The van der Waals surface area contributed by atoms with Crippen molar-refractivity contribution in [3.05, 3.63) is 27.8 Å². The molecular formula is C24H32Cl2N2O2. The van der Waals surface area contributed by atoms with Crippen LogP contribution in [0.1, 0.15) is 68.4 Å². The summed E-state index contributed by atoms with van der Waals surface area (Å²) >= 11 is 13.8. The van der Waals surface area contributed by atoms with Crippen molar-refractivity contribution in [2.45, 2.75) is 76.9 Å². The van der Waals surface area contributed by atoms with Crippen LogP contribution >= 0.6 is 23.2 Å². The maximum absolute atomic E-state index is 12.4. The van der Waals surface area contributed by atoms with Crippen LogP contribution in [-0.4, -0.2) is 30.0 Å². The van der Waals surface area contributed by atoms with E-state index in [0.29, 0.717) is 29.0 Å². The fourth-order valence-electron chi connectivity index (χ4n) is 7.27. The van der Waals surface area contributed by atoms with Crippen LogP contribution in [0.3, 0.4) is 0 Å². The Hall–Kier alpha value is -0.970. The Morgan fingerprint density at radius 1 is 1.23 bits per heavy atom. The zero-order valence-electron chi connectivity index (χ0n) is 18.5. The van der Waals surface area contributed by atoms with Crippen molar-refractivity contribution in [2.75, 3.05) is 7.05 Å². The van der Waals surface area contributed by atoms with Crippen molar-refractivity contribution in [2.24, 2.45) is 22.7 Å². The van der Waals surface area contributed by atoms with Crippen molar-refractivity contribution in [1.29, 1.82) is 0 Å². The van der Waals surface area contributed by atoms with E-state index in [0.717, 1.165) is 36.1 Å². The van der Waals surface area contributed by atoms with Gasteiger partial charge >= 0.3 is 0 Å². The zero-order chi connectivity index (χ0) is 21.6. The van der Waals surface area contributed by atoms with Gasteiger partial charge in [0.05, 0.1) is 5.38 Å². The van der Waals surface area contributed by atoms with E-state index in [2.05, 4.69) is 38.3 Å². The molecule has 1 aromatic rings. The first-order valence-corrected chi connectivity index (χ1v) is 12.0. The summed E-state index contributed by atoms with van der Waals surface area (Å²) in [5, 5.41) is 7.14. The van der Waals surface area contributed by atoms with E-state index in [1.807, 2.05) is 13.1 Å². The minimum atomic E-state index is -0.343. The molecule has 1 aromatic carbocycles. The maximum Gasteiger partial charge on any atom is 0.252 e. The minimum Gasteiger partial charge on any atom is -0.486 e. The lowest BCUT2D eigenvalue weighted by Crippen LogP contribution is -2.73. The van der Waals surface area contributed by atoms with E-state index in [-0.39, 0.29) is 33.8 Å². The summed E-state index contributed by atoms with van der Waals surface area (Å²) in [6.45, 7) is 9.90. The Balaban J connectivity index is 1.75. The second-order valence-corrected chi connectivity index (χ2v) is 11.7. The molecule has 0 radical (unpaired) electrons. The highest BCUT2D eigenvalue weighted by molar-refractivity contribution is 6.32. The third-order valence-electron chi connectivity index (χ3n) is 9.29. The van der Waals surface area contributed by atoms with Gasteiger partial charge in [-0.15, -0.1) is 11.6 Å². The van der Waals surface area contributed by atoms with Crippen molar-refractivity contribution < 1.29 is 9.53 Å². The Kier molecular flexibility index (Phi) is 4.55. The fourth-order valence-corrected chi connectivity index (χ4v) is 7.90. The molecule has 0 saturated heterocycles. The van der Waals surface area contributed by atoms with Gasteiger partial charge in [-0.05, 0) is 43.7 Å². The molecular weight excluding hydrogens is 419 g/mol. The van der Waals surface area contributed by atoms with Crippen LogP contribution in [0.4, 0.5) is 0 Å². The molecule has 0 aromatic heterocycles. The number of rotatable bonds is 1. The highest BCUT2D eigenvalue weighted by Gasteiger charge is 2.69. The minimum absolute atomic E-state index is 0.0362. The SMILES string of the molecule is CN[C@@H]1C[C@@]23Oc4c(c(Cl)cc5c4CNC5=O)C[C@]2(C)[C@@H](C)CC[C@H]3C(C)(C)[C@H]1Cl. The van der Waals surface area contributed by atoms with Crippen LogP contribution in [0.25, 0.3) is 0 Å². The molecule has 30 heavy (non-hydrogen) atoms. The van der Waals surface area contributed by atoms with E-state index in [1.165, 1.54) is 6.42 Å². The van der Waals surface area contributed by atoms with Gasteiger partial charge in [-0.25, -0.2) is 0 Å². The number of carbonyl (C=O) groups is 1. The van der Waals surface area contributed by atoms with Crippen molar-refractivity contribution >= 4 is 29.1 Å². The first-order valence-electron chi connectivity index (χ1n) is 11.2. The highest BCUT2D eigenvalue weighted by atomic mass is 35.5. The number of alkyl halides is 1. The van der Waals surface area contributed by atoms with Crippen LogP contribution in [0.15, 0.2) is 6.07 Å². The van der Waals surface area contributed by atoms with Crippen LogP contribution in [0, 0.1) is 22.7 Å². The van der Waals surface area contributed by atoms with Crippen LogP contribution < -0.4 is 15.4 Å². The zero-order valence-corrected chi connectivity index (χ0v) is 20.0. The Bertz CT molecular complexity index is 932. The third kappa shape index (κ3) is 2.42. The quantitative estimate of drug-likeness (QED) is 0.595. The lowest BCUT2D eigenvalue weighted by atomic mass is 9.43. The number of hydrogen-bond acceptors (Lipinski definition) is 3. The fraction of sp³-hybridized carbons (Fsp3) is 0.708. The van der Waals surface area contributed by atoms with Crippen LogP contribution in [0.2, 0.25) is 5.02 Å². The summed E-state index contributed by atoms with van der Waals surface area (Å²) < 4.78 is 7.21. The van der Waals surface area contributed by atoms with Gasteiger partial charge in [-0.3, -0.25) is 4.79 Å². The second kappa shape index (κ2) is 6.52.